The highest BCUT2D eigenvalue weighted by Crippen LogP contribution is 2.22. The predicted molar refractivity (Wildman–Crippen MR) is 105 cm³/mol. The van der Waals surface area contributed by atoms with Gasteiger partial charge < -0.3 is 10.1 Å². The highest BCUT2D eigenvalue weighted by molar-refractivity contribution is 7.13. The third kappa shape index (κ3) is 6.06. The van der Waals surface area contributed by atoms with Gasteiger partial charge >= 0.3 is 6.09 Å². The summed E-state index contributed by atoms with van der Waals surface area (Å²) in [5.74, 6) is -0.276. The van der Waals surface area contributed by atoms with Gasteiger partial charge in [0.2, 0.25) is 0 Å². The number of aryl methyl sites for hydroxylation is 1. The van der Waals surface area contributed by atoms with Crippen LogP contribution in [-0.4, -0.2) is 32.4 Å². The lowest BCUT2D eigenvalue weighted by Gasteiger charge is -2.19. The zero-order valence-electron chi connectivity index (χ0n) is 16.8. The van der Waals surface area contributed by atoms with E-state index in [-0.39, 0.29) is 17.9 Å². The van der Waals surface area contributed by atoms with Gasteiger partial charge in [0.05, 0.1) is 17.9 Å². The summed E-state index contributed by atoms with van der Waals surface area (Å²) in [4.78, 5) is 28.5. The molecule has 0 unspecified atom stereocenters. The van der Waals surface area contributed by atoms with Gasteiger partial charge in [0, 0.05) is 17.8 Å². The van der Waals surface area contributed by atoms with Crippen molar-refractivity contribution in [3.63, 3.8) is 0 Å². The fourth-order valence-electron chi connectivity index (χ4n) is 2.13. The number of anilines is 1. The SMILES string of the molecule is Cn1nc(C(C)(C)C)cc1C(=O)Nc1nc(CNC(=O)OC(C)(C)C)cs1. The molecule has 0 aromatic carbocycles. The maximum absolute atomic E-state index is 12.5. The minimum atomic E-state index is -0.555. The number of carbonyl (C=O) groups is 2. The summed E-state index contributed by atoms with van der Waals surface area (Å²) in [7, 11) is 1.74. The lowest BCUT2D eigenvalue weighted by Crippen LogP contribution is -2.32. The van der Waals surface area contributed by atoms with Crippen molar-refractivity contribution in [3.05, 3.63) is 28.5 Å². The molecular formula is C18H27N5O3S. The summed E-state index contributed by atoms with van der Waals surface area (Å²) in [5, 5.41) is 12.1. The summed E-state index contributed by atoms with van der Waals surface area (Å²) >= 11 is 1.29. The van der Waals surface area contributed by atoms with E-state index in [1.807, 2.05) is 20.8 Å². The number of carbonyl (C=O) groups excluding carboxylic acids is 2. The van der Waals surface area contributed by atoms with Crippen molar-refractivity contribution in [2.75, 3.05) is 5.32 Å². The summed E-state index contributed by atoms with van der Waals surface area (Å²) in [6.45, 7) is 11.7. The number of thiazole rings is 1. The molecule has 0 fully saturated rings. The van der Waals surface area contributed by atoms with E-state index in [0.29, 0.717) is 16.5 Å². The van der Waals surface area contributed by atoms with Crippen LogP contribution in [0.3, 0.4) is 0 Å². The van der Waals surface area contributed by atoms with Crippen LogP contribution in [0.25, 0.3) is 0 Å². The van der Waals surface area contributed by atoms with Crippen LogP contribution in [0.1, 0.15) is 63.4 Å². The quantitative estimate of drug-likeness (QED) is 0.829. The zero-order valence-corrected chi connectivity index (χ0v) is 17.7. The van der Waals surface area contributed by atoms with E-state index in [0.717, 1.165) is 5.69 Å². The number of nitrogens with one attached hydrogen (secondary N) is 2. The van der Waals surface area contributed by atoms with Crippen molar-refractivity contribution in [1.29, 1.82) is 0 Å². The van der Waals surface area contributed by atoms with Crippen molar-refractivity contribution in [2.24, 2.45) is 7.05 Å². The molecule has 0 atom stereocenters. The molecule has 2 aromatic heterocycles. The van der Waals surface area contributed by atoms with Gasteiger partial charge in [0.15, 0.2) is 5.13 Å². The fraction of sp³-hybridized carbons (Fsp3) is 0.556. The van der Waals surface area contributed by atoms with Crippen molar-refractivity contribution >= 4 is 28.5 Å². The number of hydrogen-bond acceptors (Lipinski definition) is 6. The van der Waals surface area contributed by atoms with E-state index in [1.54, 1.807) is 43.9 Å². The smallest absolute Gasteiger partial charge is 0.407 e. The number of ether oxygens (including phenoxy) is 1. The second-order valence-corrected chi connectivity index (χ2v) is 9.10. The molecule has 0 saturated carbocycles. The van der Waals surface area contributed by atoms with Crippen LogP contribution in [0.15, 0.2) is 11.4 Å². The highest BCUT2D eigenvalue weighted by atomic mass is 32.1. The first-order chi connectivity index (χ1) is 12.3. The topological polar surface area (TPSA) is 98.1 Å². The second kappa shape index (κ2) is 7.67. The molecule has 2 rings (SSSR count). The van der Waals surface area contributed by atoms with E-state index in [1.165, 1.54) is 11.3 Å². The van der Waals surface area contributed by atoms with Gasteiger partial charge in [-0.15, -0.1) is 11.3 Å². The molecule has 2 aromatic rings. The third-order valence-electron chi connectivity index (χ3n) is 3.47. The Morgan fingerprint density at radius 1 is 1.22 bits per heavy atom. The van der Waals surface area contributed by atoms with Crippen molar-refractivity contribution in [3.8, 4) is 0 Å². The molecule has 9 heteroatoms. The number of nitrogens with zero attached hydrogens (tertiary/aromatic N) is 3. The number of amides is 2. The molecule has 27 heavy (non-hydrogen) atoms. The van der Waals surface area contributed by atoms with Crippen LogP contribution >= 0.6 is 11.3 Å². The van der Waals surface area contributed by atoms with Crippen molar-refractivity contribution in [2.45, 2.75) is 59.1 Å². The van der Waals surface area contributed by atoms with Gasteiger partial charge in [-0.05, 0) is 26.8 Å². The van der Waals surface area contributed by atoms with Gasteiger partial charge in [-0.1, -0.05) is 20.8 Å². The van der Waals surface area contributed by atoms with Crippen LogP contribution in [0.2, 0.25) is 0 Å². The normalized spacial score (nSPS) is 12.0. The van der Waals surface area contributed by atoms with Crippen molar-refractivity contribution in [1.82, 2.24) is 20.1 Å². The van der Waals surface area contributed by atoms with Gasteiger partial charge in [-0.3, -0.25) is 14.8 Å². The number of hydrogen-bond donors (Lipinski definition) is 2. The van der Waals surface area contributed by atoms with Crippen LogP contribution in [-0.2, 0) is 23.7 Å². The van der Waals surface area contributed by atoms with E-state index in [2.05, 4.69) is 20.7 Å². The molecule has 0 aliphatic rings. The standard InChI is InChI=1S/C18H27N5O3S/c1-17(2,3)13-8-12(23(7)22-13)14(24)21-15-20-11(10-27-15)9-19-16(25)26-18(4,5)6/h8,10H,9H2,1-7H3,(H,19,25)(H,20,21,24). The third-order valence-corrected chi connectivity index (χ3v) is 4.27. The number of aromatic nitrogens is 3. The van der Waals surface area contributed by atoms with Gasteiger partial charge in [-0.25, -0.2) is 9.78 Å². The lowest BCUT2D eigenvalue weighted by molar-refractivity contribution is 0.0522. The number of alkyl carbamates (subject to hydrolysis) is 1. The maximum Gasteiger partial charge on any atom is 0.407 e. The van der Waals surface area contributed by atoms with E-state index in [9.17, 15) is 9.59 Å². The summed E-state index contributed by atoms with van der Waals surface area (Å²) in [5.41, 5.74) is 1.25. The number of rotatable bonds is 4. The monoisotopic (exact) mass is 393 g/mol. The first-order valence-corrected chi connectivity index (χ1v) is 9.50. The molecule has 2 heterocycles. The Hall–Kier alpha value is -2.42. The summed E-state index contributed by atoms with van der Waals surface area (Å²) < 4.78 is 6.74. The molecule has 0 spiro atoms. The van der Waals surface area contributed by atoms with Gasteiger partial charge in [0.25, 0.3) is 5.91 Å². The molecule has 148 valence electrons. The Kier molecular flexibility index (Phi) is 5.94. The molecule has 8 nitrogen and oxygen atoms in total. The molecule has 2 N–H and O–H groups in total. The Labute approximate surface area is 163 Å². The average Bonchev–Trinajstić information content (AvgIpc) is 3.09. The van der Waals surface area contributed by atoms with E-state index in [4.69, 9.17) is 4.74 Å². The second-order valence-electron chi connectivity index (χ2n) is 8.24. The molecule has 0 saturated heterocycles. The molecule has 0 bridgehead atoms. The van der Waals surface area contributed by atoms with Crippen molar-refractivity contribution < 1.29 is 14.3 Å². The van der Waals surface area contributed by atoms with Gasteiger partial charge in [-0.2, -0.15) is 5.10 Å². The predicted octanol–water partition coefficient (Wildman–Crippen LogP) is 3.45. The lowest BCUT2D eigenvalue weighted by atomic mass is 9.92. The Balaban J connectivity index is 1.97. The first-order valence-electron chi connectivity index (χ1n) is 8.62. The zero-order chi connectivity index (χ0) is 20.4. The average molecular weight is 394 g/mol. The molecule has 0 aliphatic heterocycles. The molecule has 2 amide bonds. The van der Waals surface area contributed by atoms with Crippen LogP contribution in [0.5, 0.6) is 0 Å². The van der Waals surface area contributed by atoms with Crippen LogP contribution in [0, 0.1) is 0 Å². The molecule has 0 aliphatic carbocycles. The van der Waals surface area contributed by atoms with E-state index < -0.39 is 11.7 Å². The largest absolute Gasteiger partial charge is 0.444 e. The Bertz CT molecular complexity index is 827. The molecule has 0 radical (unpaired) electrons. The summed E-state index contributed by atoms with van der Waals surface area (Å²) in [6.07, 6.45) is -0.509. The van der Waals surface area contributed by atoms with Crippen LogP contribution < -0.4 is 10.6 Å². The minimum Gasteiger partial charge on any atom is -0.444 e. The molecular weight excluding hydrogens is 366 g/mol. The maximum atomic E-state index is 12.5. The first kappa shape index (κ1) is 20.9. The minimum absolute atomic E-state index is 0.141. The van der Waals surface area contributed by atoms with Gasteiger partial charge in [0.1, 0.15) is 11.3 Å². The Morgan fingerprint density at radius 3 is 2.44 bits per heavy atom. The Morgan fingerprint density at radius 2 is 1.89 bits per heavy atom. The highest BCUT2D eigenvalue weighted by Gasteiger charge is 2.22. The van der Waals surface area contributed by atoms with E-state index >= 15 is 0 Å². The van der Waals surface area contributed by atoms with Crippen LogP contribution in [0.4, 0.5) is 9.93 Å². The fourth-order valence-corrected chi connectivity index (χ4v) is 2.84. The summed E-state index contributed by atoms with van der Waals surface area (Å²) in [6, 6.07) is 1.79.